The minimum Gasteiger partial charge on any atom is -0.487 e. The molecule has 1 amide bonds. The van der Waals surface area contributed by atoms with Gasteiger partial charge in [0.2, 0.25) is 0 Å². The van der Waals surface area contributed by atoms with Gasteiger partial charge in [0.25, 0.3) is 0 Å². The molecule has 1 atom stereocenters. The number of anilines is 1. The summed E-state index contributed by atoms with van der Waals surface area (Å²) in [7, 11) is 1.80. The van der Waals surface area contributed by atoms with Crippen molar-refractivity contribution in [3.8, 4) is 5.75 Å². The average molecular weight is 499 g/mol. The van der Waals surface area contributed by atoms with Crippen LogP contribution in [0.15, 0.2) is 72.8 Å². The van der Waals surface area contributed by atoms with Crippen LogP contribution in [0.2, 0.25) is 0 Å². The number of amides is 1. The van der Waals surface area contributed by atoms with Gasteiger partial charge < -0.3 is 14.8 Å². The molecule has 1 unspecified atom stereocenters. The summed E-state index contributed by atoms with van der Waals surface area (Å²) in [6.45, 7) is 0.692. The fraction of sp³-hybridized carbons (Fsp3) is 0.406. The lowest BCUT2D eigenvalue weighted by Crippen LogP contribution is -2.42. The topological polar surface area (TPSA) is 50.8 Å². The summed E-state index contributed by atoms with van der Waals surface area (Å²) < 4.78 is 12.0. The van der Waals surface area contributed by atoms with Crippen LogP contribution >= 0.6 is 0 Å². The standard InChI is InChI=1S/C32H38N2O3/c1-34(32(35)37-23-25-13-7-3-8-14-25)31-29-19-18-28(33-27-15-9-4-10-16-27)21-26(29)17-20-30(31)36-22-24-11-5-2-6-12-24/h2-3,5-8,11-14,17,20,27-28,33H,4,9-10,15-16,18-19,21-23H2,1H3. The minimum atomic E-state index is -0.371. The van der Waals surface area contributed by atoms with Gasteiger partial charge >= 0.3 is 6.09 Å². The van der Waals surface area contributed by atoms with Crippen LogP contribution in [0.5, 0.6) is 5.75 Å². The van der Waals surface area contributed by atoms with Crippen LogP contribution in [0.25, 0.3) is 0 Å². The molecule has 194 valence electrons. The van der Waals surface area contributed by atoms with E-state index in [1.807, 2.05) is 54.6 Å². The first-order chi connectivity index (χ1) is 18.2. The lowest BCUT2D eigenvalue weighted by Gasteiger charge is -2.34. The molecule has 3 aromatic carbocycles. The van der Waals surface area contributed by atoms with Crippen LogP contribution in [0.1, 0.15) is 60.8 Å². The van der Waals surface area contributed by atoms with Gasteiger partial charge in [0, 0.05) is 19.1 Å². The van der Waals surface area contributed by atoms with E-state index in [1.54, 1.807) is 11.9 Å². The molecule has 2 aliphatic rings. The van der Waals surface area contributed by atoms with Crippen molar-refractivity contribution in [2.75, 3.05) is 11.9 Å². The van der Waals surface area contributed by atoms with E-state index in [0.717, 1.165) is 41.8 Å². The first kappa shape index (κ1) is 25.3. The van der Waals surface area contributed by atoms with E-state index in [-0.39, 0.29) is 12.7 Å². The molecule has 5 rings (SSSR count). The quantitative estimate of drug-likeness (QED) is 0.370. The number of rotatable bonds is 8. The van der Waals surface area contributed by atoms with E-state index >= 15 is 0 Å². The molecule has 3 aromatic rings. The van der Waals surface area contributed by atoms with Crippen molar-refractivity contribution < 1.29 is 14.3 Å². The molecule has 1 saturated carbocycles. The van der Waals surface area contributed by atoms with E-state index in [0.29, 0.717) is 18.7 Å². The van der Waals surface area contributed by atoms with Crippen molar-refractivity contribution in [3.63, 3.8) is 0 Å². The Bertz CT molecular complexity index is 1160. The van der Waals surface area contributed by atoms with Gasteiger partial charge in [-0.3, -0.25) is 4.90 Å². The average Bonchev–Trinajstić information content (AvgIpc) is 2.95. The summed E-state index contributed by atoms with van der Waals surface area (Å²) in [5.74, 6) is 0.723. The Balaban J connectivity index is 1.35. The van der Waals surface area contributed by atoms with Gasteiger partial charge in [0.1, 0.15) is 19.0 Å². The molecule has 0 spiro atoms. The Morgan fingerprint density at radius 2 is 1.51 bits per heavy atom. The highest BCUT2D eigenvalue weighted by atomic mass is 16.6. The lowest BCUT2D eigenvalue weighted by atomic mass is 9.85. The minimum absolute atomic E-state index is 0.243. The fourth-order valence-electron chi connectivity index (χ4n) is 5.68. The Morgan fingerprint density at radius 3 is 2.22 bits per heavy atom. The first-order valence-corrected chi connectivity index (χ1v) is 13.7. The zero-order valence-electron chi connectivity index (χ0n) is 21.8. The number of benzene rings is 3. The van der Waals surface area contributed by atoms with E-state index < -0.39 is 0 Å². The number of fused-ring (bicyclic) bond motifs is 1. The van der Waals surface area contributed by atoms with E-state index in [9.17, 15) is 4.79 Å². The number of carbonyl (C=O) groups is 1. The lowest BCUT2D eigenvalue weighted by molar-refractivity contribution is 0.148. The molecule has 0 heterocycles. The monoisotopic (exact) mass is 498 g/mol. The molecule has 5 heteroatoms. The normalized spacial score (nSPS) is 17.6. The van der Waals surface area contributed by atoms with Crippen molar-refractivity contribution in [2.24, 2.45) is 0 Å². The maximum atomic E-state index is 13.2. The Hall–Kier alpha value is -3.31. The summed E-state index contributed by atoms with van der Waals surface area (Å²) in [6.07, 6.45) is 9.20. The molecule has 1 fully saturated rings. The van der Waals surface area contributed by atoms with E-state index in [2.05, 4.69) is 23.5 Å². The summed E-state index contributed by atoms with van der Waals surface area (Å²) in [4.78, 5) is 14.8. The molecule has 2 aliphatic carbocycles. The van der Waals surface area contributed by atoms with Crippen LogP contribution in [0, 0.1) is 0 Å². The van der Waals surface area contributed by atoms with Crippen LogP contribution in [0.3, 0.4) is 0 Å². The molecule has 37 heavy (non-hydrogen) atoms. The van der Waals surface area contributed by atoms with Crippen LogP contribution < -0.4 is 15.0 Å². The molecule has 0 aliphatic heterocycles. The third kappa shape index (κ3) is 6.53. The zero-order valence-corrected chi connectivity index (χ0v) is 21.8. The predicted molar refractivity (Wildman–Crippen MR) is 148 cm³/mol. The van der Waals surface area contributed by atoms with Gasteiger partial charge in [-0.15, -0.1) is 0 Å². The van der Waals surface area contributed by atoms with Crippen molar-refractivity contribution in [1.29, 1.82) is 0 Å². The van der Waals surface area contributed by atoms with E-state index in [1.165, 1.54) is 43.2 Å². The summed E-state index contributed by atoms with van der Waals surface area (Å²) >= 11 is 0. The predicted octanol–water partition coefficient (Wildman–Crippen LogP) is 6.82. The SMILES string of the molecule is CN(C(=O)OCc1ccccc1)c1c(OCc2ccccc2)ccc2c1CCC(NC1CCCCC1)C2. The number of hydrogen-bond donors (Lipinski definition) is 1. The number of hydrogen-bond acceptors (Lipinski definition) is 4. The molecule has 0 saturated heterocycles. The van der Waals surface area contributed by atoms with Crippen molar-refractivity contribution >= 4 is 11.8 Å². The van der Waals surface area contributed by atoms with Crippen LogP contribution in [-0.4, -0.2) is 25.2 Å². The highest BCUT2D eigenvalue weighted by Gasteiger charge is 2.29. The van der Waals surface area contributed by atoms with Crippen LogP contribution in [-0.2, 0) is 30.8 Å². The Morgan fingerprint density at radius 1 is 0.838 bits per heavy atom. The molecular weight excluding hydrogens is 460 g/mol. The fourth-order valence-corrected chi connectivity index (χ4v) is 5.68. The van der Waals surface area contributed by atoms with Crippen molar-refractivity contribution in [3.05, 3.63) is 95.1 Å². The molecule has 0 radical (unpaired) electrons. The maximum Gasteiger partial charge on any atom is 0.414 e. The zero-order chi connectivity index (χ0) is 25.5. The summed E-state index contributed by atoms with van der Waals surface area (Å²) in [5, 5.41) is 3.93. The second kappa shape index (κ2) is 12.3. The largest absolute Gasteiger partial charge is 0.487 e. The van der Waals surface area contributed by atoms with Gasteiger partial charge in [-0.05, 0) is 60.4 Å². The highest BCUT2D eigenvalue weighted by Crippen LogP contribution is 2.39. The van der Waals surface area contributed by atoms with Gasteiger partial charge in [-0.1, -0.05) is 86.0 Å². The number of ether oxygens (including phenoxy) is 2. The first-order valence-electron chi connectivity index (χ1n) is 13.7. The highest BCUT2D eigenvalue weighted by molar-refractivity contribution is 5.90. The smallest absolute Gasteiger partial charge is 0.414 e. The number of nitrogens with one attached hydrogen (secondary N) is 1. The van der Waals surface area contributed by atoms with Crippen molar-refractivity contribution in [1.82, 2.24) is 5.32 Å². The molecular formula is C32H38N2O3. The maximum absolute atomic E-state index is 13.2. The molecule has 5 nitrogen and oxygen atoms in total. The third-order valence-corrected chi connectivity index (χ3v) is 7.68. The molecule has 0 aromatic heterocycles. The molecule has 1 N–H and O–H groups in total. The van der Waals surface area contributed by atoms with E-state index in [4.69, 9.17) is 9.47 Å². The molecule has 0 bridgehead atoms. The number of carbonyl (C=O) groups excluding carboxylic acids is 1. The summed E-state index contributed by atoms with van der Waals surface area (Å²) in [6, 6.07) is 25.3. The second-order valence-corrected chi connectivity index (χ2v) is 10.4. The number of nitrogens with zero attached hydrogens (tertiary/aromatic N) is 1. The summed E-state index contributed by atoms with van der Waals surface area (Å²) in [5.41, 5.74) is 5.40. The van der Waals surface area contributed by atoms with Gasteiger partial charge in [-0.25, -0.2) is 4.79 Å². The second-order valence-electron chi connectivity index (χ2n) is 10.4. The Labute approximate surface area is 220 Å². The third-order valence-electron chi connectivity index (χ3n) is 7.68. The van der Waals surface area contributed by atoms with Gasteiger partial charge in [-0.2, -0.15) is 0 Å². The van der Waals surface area contributed by atoms with Crippen molar-refractivity contribution in [2.45, 2.75) is 76.7 Å². The van der Waals surface area contributed by atoms with Gasteiger partial charge in [0.05, 0.1) is 5.69 Å². The van der Waals surface area contributed by atoms with Gasteiger partial charge in [0.15, 0.2) is 0 Å². The Kier molecular flexibility index (Phi) is 8.42. The van der Waals surface area contributed by atoms with Crippen LogP contribution in [0.4, 0.5) is 10.5 Å².